The molecule has 0 atom stereocenters. The number of hydrogen-bond donors (Lipinski definition) is 1. The van der Waals surface area contributed by atoms with Gasteiger partial charge in [-0.15, -0.1) is 0 Å². The topological polar surface area (TPSA) is 29.9 Å². The number of rotatable bonds is 4. The predicted octanol–water partition coefficient (Wildman–Crippen LogP) is 2.89. The van der Waals surface area contributed by atoms with Crippen molar-refractivity contribution in [2.45, 2.75) is 52.1 Å². The van der Waals surface area contributed by atoms with Gasteiger partial charge in [0.25, 0.3) is 0 Å². The van der Waals surface area contributed by atoms with Crippen LogP contribution in [0, 0.1) is 5.92 Å². The van der Waals surface area contributed by atoms with E-state index in [9.17, 15) is 0 Å². The molecule has 0 amide bonds. The van der Waals surface area contributed by atoms with Crippen molar-refractivity contribution in [2.24, 2.45) is 5.92 Å². The summed E-state index contributed by atoms with van der Waals surface area (Å²) < 4.78 is 2.23. The van der Waals surface area contributed by atoms with E-state index in [1.54, 1.807) is 0 Å². The number of nitrogens with zero attached hydrogens (tertiary/aromatic N) is 2. The summed E-state index contributed by atoms with van der Waals surface area (Å²) in [6.07, 6.45) is 9.28. The molecule has 0 spiro atoms. The summed E-state index contributed by atoms with van der Waals surface area (Å²) in [5, 5.41) is 3.55. The second-order valence-corrected chi connectivity index (χ2v) is 4.92. The summed E-state index contributed by atoms with van der Waals surface area (Å²) in [7, 11) is 0. The molecule has 1 fully saturated rings. The quantitative estimate of drug-likeness (QED) is 0.822. The number of nitrogens with one attached hydrogen (secondary N) is 1. The molecule has 1 saturated carbocycles. The summed E-state index contributed by atoms with van der Waals surface area (Å²) in [6, 6.07) is 0.651. The summed E-state index contributed by atoms with van der Waals surface area (Å²) in [6.45, 7) is 5.52. The molecule has 1 heterocycles. The van der Waals surface area contributed by atoms with Gasteiger partial charge < -0.3 is 9.88 Å². The van der Waals surface area contributed by atoms with Crippen LogP contribution in [0.3, 0.4) is 0 Å². The zero-order valence-electron chi connectivity index (χ0n) is 9.74. The molecule has 1 aromatic rings. The summed E-state index contributed by atoms with van der Waals surface area (Å²) in [5.74, 6) is 1.72. The smallest absolute Gasteiger partial charge is 0.202 e. The first-order valence-corrected chi connectivity index (χ1v) is 6.03. The van der Waals surface area contributed by atoms with Gasteiger partial charge in [-0.1, -0.05) is 26.7 Å². The van der Waals surface area contributed by atoms with Gasteiger partial charge in [-0.2, -0.15) is 0 Å². The number of hydrogen-bond acceptors (Lipinski definition) is 2. The van der Waals surface area contributed by atoms with E-state index in [1.165, 1.54) is 25.7 Å². The molecule has 84 valence electrons. The highest BCUT2D eigenvalue weighted by Crippen LogP contribution is 2.21. The Hall–Kier alpha value is -0.990. The first-order valence-electron chi connectivity index (χ1n) is 6.03. The van der Waals surface area contributed by atoms with Gasteiger partial charge in [0.15, 0.2) is 0 Å². The predicted molar refractivity (Wildman–Crippen MR) is 62.9 cm³/mol. The van der Waals surface area contributed by atoms with Crippen LogP contribution in [0.25, 0.3) is 0 Å². The average Bonchev–Trinajstić information content (AvgIpc) is 2.78. The van der Waals surface area contributed by atoms with Gasteiger partial charge in [-0.3, -0.25) is 0 Å². The van der Waals surface area contributed by atoms with Gasteiger partial charge in [0.05, 0.1) is 0 Å². The molecule has 2 rings (SSSR count). The van der Waals surface area contributed by atoms with E-state index < -0.39 is 0 Å². The van der Waals surface area contributed by atoms with Crippen molar-refractivity contribution in [1.29, 1.82) is 0 Å². The third kappa shape index (κ3) is 2.74. The second kappa shape index (κ2) is 4.69. The van der Waals surface area contributed by atoms with Gasteiger partial charge >= 0.3 is 0 Å². The summed E-state index contributed by atoms with van der Waals surface area (Å²) in [4.78, 5) is 4.38. The lowest BCUT2D eigenvalue weighted by molar-refractivity contribution is 0.523. The molecular formula is C12H21N3. The Morgan fingerprint density at radius 2 is 2.20 bits per heavy atom. The summed E-state index contributed by atoms with van der Waals surface area (Å²) in [5.41, 5.74) is 0. The van der Waals surface area contributed by atoms with Crippen molar-refractivity contribution >= 4 is 5.95 Å². The maximum absolute atomic E-state index is 4.38. The largest absolute Gasteiger partial charge is 0.353 e. The van der Waals surface area contributed by atoms with Crippen molar-refractivity contribution in [2.75, 3.05) is 5.32 Å². The molecule has 0 saturated heterocycles. The molecule has 0 bridgehead atoms. The fourth-order valence-corrected chi connectivity index (χ4v) is 2.24. The Labute approximate surface area is 91.9 Å². The molecule has 1 aliphatic rings. The van der Waals surface area contributed by atoms with E-state index in [0.717, 1.165) is 12.5 Å². The van der Waals surface area contributed by atoms with E-state index >= 15 is 0 Å². The van der Waals surface area contributed by atoms with Crippen LogP contribution in [0.1, 0.15) is 39.5 Å². The number of anilines is 1. The highest BCUT2D eigenvalue weighted by atomic mass is 15.2. The first-order chi connectivity index (χ1) is 7.25. The SMILES string of the molecule is CC(C)Cn1ccnc1NC1CCCC1. The molecule has 1 aliphatic carbocycles. The molecular weight excluding hydrogens is 186 g/mol. The monoisotopic (exact) mass is 207 g/mol. The lowest BCUT2D eigenvalue weighted by Gasteiger charge is -2.15. The van der Waals surface area contributed by atoms with E-state index in [4.69, 9.17) is 0 Å². The molecule has 3 nitrogen and oxygen atoms in total. The van der Waals surface area contributed by atoms with Crippen LogP contribution in [0.5, 0.6) is 0 Å². The van der Waals surface area contributed by atoms with E-state index in [0.29, 0.717) is 12.0 Å². The number of imidazole rings is 1. The van der Waals surface area contributed by atoms with Gasteiger partial charge in [-0.25, -0.2) is 4.98 Å². The van der Waals surface area contributed by atoms with Crippen LogP contribution in [0.2, 0.25) is 0 Å². The molecule has 0 aliphatic heterocycles. The minimum absolute atomic E-state index is 0.651. The lowest BCUT2D eigenvalue weighted by Crippen LogP contribution is -2.19. The Kier molecular flexibility index (Phi) is 3.29. The molecule has 15 heavy (non-hydrogen) atoms. The molecule has 1 N–H and O–H groups in total. The zero-order chi connectivity index (χ0) is 10.7. The van der Waals surface area contributed by atoms with Crippen molar-refractivity contribution in [3.05, 3.63) is 12.4 Å². The first kappa shape index (κ1) is 10.5. The van der Waals surface area contributed by atoms with E-state index in [1.807, 2.05) is 6.20 Å². The van der Waals surface area contributed by atoms with Crippen LogP contribution in [-0.4, -0.2) is 15.6 Å². The maximum atomic E-state index is 4.38. The Bertz CT molecular complexity index is 298. The fourth-order valence-electron chi connectivity index (χ4n) is 2.24. The Morgan fingerprint density at radius 3 is 2.87 bits per heavy atom. The van der Waals surface area contributed by atoms with Gasteiger partial charge in [0, 0.05) is 25.0 Å². The van der Waals surface area contributed by atoms with E-state index in [-0.39, 0.29) is 0 Å². The molecule has 3 heteroatoms. The van der Waals surface area contributed by atoms with E-state index in [2.05, 4.69) is 34.9 Å². The second-order valence-electron chi connectivity index (χ2n) is 4.92. The van der Waals surface area contributed by atoms with Gasteiger partial charge in [0.2, 0.25) is 5.95 Å². The minimum Gasteiger partial charge on any atom is -0.353 e. The van der Waals surface area contributed by atoms with Crippen molar-refractivity contribution < 1.29 is 0 Å². The van der Waals surface area contributed by atoms with Crippen LogP contribution >= 0.6 is 0 Å². The Morgan fingerprint density at radius 1 is 1.47 bits per heavy atom. The van der Waals surface area contributed by atoms with Crippen molar-refractivity contribution in [1.82, 2.24) is 9.55 Å². The number of aromatic nitrogens is 2. The standard InChI is InChI=1S/C12H21N3/c1-10(2)9-15-8-7-13-12(15)14-11-5-3-4-6-11/h7-8,10-11H,3-6,9H2,1-2H3,(H,13,14). The Balaban J connectivity index is 1.97. The molecule has 1 aromatic heterocycles. The molecule has 0 unspecified atom stereocenters. The third-order valence-electron chi connectivity index (χ3n) is 2.97. The maximum Gasteiger partial charge on any atom is 0.202 e. The van der Waals surface area contributed by atoms with Gasteiger partial charge in [-0.05, 0) is 18.8 Å². The normalized spacial score (nSPS) is 17.5. The molecule has 0 radical (unpaired) electrons. The van der Waals surface area contributed by atoms with Crippen LogP contribution in [0.15, 0.2) is 12.4 Å². The fraction of sp³-hybridized carbons (Fsp3) is 0.750. The lowest BCUT2D eigenvalue weighted by atomic mass is 10.2. The molecule has 0 aromatic carbocycles. The average molecular weight is 207 g/mol. The highest BCUT2D eigenvalue weighted by Gasteiger charge is 2.16. The zero-order valence-corrected chi connectivity index (χ0v) is 9.74. The van der Waals surface area contributed by atoms with Gasteiger partial charge in [0.1, 0.15) is 0 Å². The van der Waals surface area contributed by atoms with Crippen molar-refractivity contribution in [3.63, 3.8) is 0 Å². The summed E-state index contributed by atoms with van der Waals surface area (Å²) >= 11 is 0. The van der Waals surface area contributed by atoms with Crippen LogP contribution < -0.4 is 5.32 Å². The highest BCUT2D eigenvalue weighted by molar-refractivity contribution is 5.27. The minimum atomic E-state index is 0.651. The third-order valence-corrected chi connectivity index (χ3v) is 2.97. The van der Waals surface area contributed by atoms with Crippen molar-refractivity contribution in [3.8, 4) is 0 Å². The van der Waals surface area contributed by atoms with Crippen LogP contribution in [-0.2, 0) is 6.54 Å². The van der Waals surface area contributed by atoms with Crippen LogP contribution in [0.4, 0.5) is 5.95 Å².